The standard InChI is InChI=1S/C22H26N2O3/c1-3-17-10-11-20(27-2)19(16-17)22(26)24-13-7-12-23(14-15-24)21(25)18-8-5-4-6-9-18/h4-6,8-11,16H,3,7,12-15H2,1-2H3. The summed E-state index contributed by atoms with van der Waals surface area (Å²) in [6.45, 7) is 4.42. The van der Waals surface area contributed by atoms with E-state index in [2.05, 4.69) is 6.92 Å². The van der Waals surface area contributed by atoms with Crippen molar-refractivity contribution in [1.29, 1.82) is 0 Å². The molecule has 0 unspecified atom stereocenters. The Morgan fingerprint density at radius 1 is 0.926 bits per heavy atom. The molecule has 0 aromatic heterocycles. The second-order valence-corrected chi connectivity index (χ2v) is 6.69. The van der Waals surface area contributed by atoms with Crippen LogP contribution in [0.25, 0.3) is 0 Å². The minimum absolute atomic E-state index is 0.0236. The number of carbonyl (C=O) groups is 2. The first-order valence-electron chi connectivity index (χ1n) is 9.44. The van der Waals surface area contributed by atoms with Crippen molar-refractivity contribution in [1.82, 2.24) is 9.80 Å². The number of hydrogen-bond acceptors (Lipinski definition) is 3. The molecular formula is C22H26N2O3. The Labute approximate surface area is 160 Å². The predicted octanol–water partition coefficient (Wildman–Crippen LogP) is 3.25. The Balaban J connectivity index is 1.73. The average molecular weight is 366 g/mol. The maximum Gasteiger partial charge on any atom is 0.257 e. The van der Waals surface area contributed by atoms with Crippen LogP contribution in [-0.2, 0) is 6.42 Å². The fourth-order valence-corrected chi connectivity index (χ4v) is 3.40. The van der Waals surface area contributed by atoms with Crippen molar-refractivity contribution in [3.63, 3.8) is 0 Å². The molecule has 1 aliphatic rings. The van der Waals surface area contributed by atoms with Crippen LogP contribution in [0.15, 0.2) is 48.5 Å². The molecule has 1 aliphatic heterocycles. The molecule has 1 saturated heterocycles. The molecule has 5 heteroatoms. The molecule has 0 saturated carbocycles. The molecule has 0 aliphatic carbocycles. The topological polar surface area (TPSA) is 49.9 Å². The first kappa shape index (κ1) is 19.0. The lowest BCUT2D eigenvalue weighted by Crippen LogP contribution is -2.37. The van der Waals surface area contributed by atoms with E-state index in [0.717, 1.165) is 18.4 Å². The van der Waals surface area contributed by atoms with Crippen molar-refractivity contribution in [3.05, 3.63) is 65.2 Å². The van der Waals surface area contributed by atoms with E-state index >= 15 is 0 Å². The quantitative estimate of drug-likeness (QED) is 0.835. The molecule has 27 heavy (non-hydrogen) atoms. The fourth-order valence-electron chi connectivity index (χ4n) is 3.40. The molecule has 0 spiro atoms. The predicted molar refractivity (Wildman–Crippen MR) is 105 cm³/mol. The summed E-state index contributed by atoms with van der Waals surface area (Å²) in [7, 11) is 1.58. The summed E-state index contributed by atoms with van der Waals surface area (Å²) in [5.41, 5.74) is 2.39. The molecular weight excluding hydrogens is 340 g/mol. The molecule has 3 rings (SSSR count). The van der Waals surface area contributed by atoms with E-state index in [1.54, 1.807) is 7.11 Å². The summed E-state index contributed by atoms with van der Waals surface area (Å²) in [5.74, 6) is 0.588. The third-order valence-electron chi connectivity index (χ3n) is 4.99. The second-order valence-electron chi connectivity index (χ2n) is 6.69. The van der Waals surface area contributed by atoms with Crippen LogP contribution < -0.4 is 4.74 Å². The molecule has 0 radical (unpaired) electrons. The summed E-state index contributed by atoms with van der Waals surface area (Å²) in [5, 5.41) is 0. The van der Waals surface area contributed by atoms with Gasteiger partial charge in [-0.25, -0.2) is 0 Å². The fraction of sp³-hybridized carbons (Fsp3) is 0.364. The Hall–Kier alpha value is -2.82. The maximum absolute atomic E-state index is 13.1. The Bertz CT molecular complexity index is 804. The minimum atomic E-state index is -0.0313. The number of amides is 2. The SMILES string of the molecule is CCc1ccc(OC)c(C(=O)N2CCCN(C(=O)c3ccccc3)CC2)c1. The van der Waals surface area contributed by atoms with E-state index in [4.69, 9.17) is 4.74 Å². The average Bonchev–Trinajstić information content (AvgIpc) is 2.99. The molecule has 2 amide bonds. The van der Waals surface area contributed by atoms with Gasteiger partial charge < -0.3 is 14.5 Å². The summed E-state index contributed by atoms with van der Waals surface area (Å²) in [6.07, 6.45) is 1.63. The molecule has 0 bridgehead atoms. The van der Waals surface area contributed by atoms with Crippen LogP contribution in [0.4, 0.5) is 0 Å². The van der Waals surface area contributed by atoms with Gasteiger partial charge >= 0.3 is 0 Å². The monoisotopic (exact) mass is 366 g/mol. The van der Waals surface area contributed by atoms with Crippen LogP contribution in [0.1, 0.15) is 39.6 Å². The van der Waals surface area contributed by atoms with E-state index in [1.165, 1.54) is 0 Å². The molecule has 0 atom stereocenters. The van der Waals surface area contributed by atoms with Gasteiger partial charge in [-0.1, -0.05) is 31.2 Å². The molecule has 5 nitrogen and oxygen atoms in total. The lowest BCUT2D eigenvalue weighted by atomic mass is 10.1. The van der Waals surface area contributed by atoms with Gasteiger partial charge in [-0.05, 0) is 42.7 Å². The summed E-state index contributed by atoms with van der Waals surface area (Å²) in [4.78, 5) is 29.4. The van der Waals surface area contributed by atoms with Gasteiger partial charge in [0.1, 0.15) is 5.75 Å². The molecule has 1 fully saturated rings. The van der Waals surface area contributed by atoms with Crippen LogP contribution in [0.3, 0.4) is 0 Å². The van der Waals surface area contributed by atoms with Gasteiger partial charge in [-0.15, -0.1) is 0 Å². The highest BCUT2D eigenvalue weighted by Crippen LogP contribution is 2.23. The Kier molecular flexibility index (Phi) is 6.12. The third kappa shape index (κ3) is 4.30. The third-order valence-corrected chi connectivity index (χ3v) is 4.99. The van der Waals surface area contributed by atoms with Gasteiger partial charge in [0.25, 0.3) is 11.8 Å². The van der Waals surface area contributed by atoms with Crippen LogP contribution in [0, 0.1) is 0 Å². The van der Waals surface area contributed by atoms with Gasteiger partial charge in [0.15, 0.2) is 0 Å². The van der Waals surface area contributed by atoms with Crippen LogP contribution in [0.5, 0.6) is 5.75 Å². The van der Waals surface area contributed by atoms with Crippen molar-refractivity contribution in [2.75, 3.05) is 33.3 Å². The molecule has 142 valence electrons. The lowest BCUT2D eigenvalue weighted by Gasteiger charge is -2.23. The van der Waals surface area contributed by atoms with E-state index in [-0.39, 0.29) is 11.8 Å². The molecule has 2 aromatic rings. The number of benzene rings is 2. The van der Waals surface area contributed by atoms with Crippen molar-refractivity contribution < 1.29 is 14.3 Å². The zero-order chi connectivity index (χ0) is 19.2. The Morgan fingerprint density at radius 2 is 1.59 bits per heavy atom. The van der Waals surface area contributed by atoms with Crippen molar-refractivity contribution >= 4 is 11.8 Å². The number of aryl methyl sites for hydroxylation is 1. The van der Waals surface area contributed by atoms with Gasteiger partial charge in [0.05, 0.1) is 12.7 Å². The highest BCUT2D eigenvalue weighted by Gasteiger charge is 2.25. The summed E-state index contributed by atoms with van der Waals surface area (Å²) in [6, 6.07) is 15.1. The number of methoxy groups -OCH3 is 1. The number of hydrogen-bond donors (Lipinski definition) is 0. The van der Waals surface area contributed by atoms with Gasteiger partial charge in [0, 0.05) is 31.7 Å². The first-order valence-corrected chi connectivity index (χ1v) is 9.44. The maximum atomic E-state index is 13.1. The smallest absolute Gasteiger partial charge is 0.257 e. The van der Waals surface area contributed by atoms with Gasteiger partial charge in [-0.3, -0.25) is 9.59 Å². The van der Waals surface area contributed by atoms with Crippen LogP contribution in [-0.4, -0.2) is 54.9 Å². The number of carbonyl (C=O) groups excluding carboxylic acids is 2. The van der Waals surface area contributed by atoms with Crippen molar-refractivity contribution in [2.24, 2.45) is 0 Å². The molecule has 0 N–H and O–H groups in total. The highest BCUT2D eigenvalue weighted by atomic mass is 16.5. The van der Waals surface area contributed by atoms with E-state index in [1.807, 2.05) is 58.3 Å². The minimum Gasteiger partial charge on any atom is -0.496 e. The summed E-state index contributed by atoms with van der Waals surface area (Å²) < 4.78 is 5.39. The normalized spacial score (nSPS) is 14.6. The zero-order valence-electron chi connectivity index (χ0n) is 16.0. The van der Waals surface area contributed by atoms with Crippen LogP contribution >= 0.6 is 0 Å². The van der Waals surface area contributed by atoms with Crippen molar-refractivity contribution in [2.45, 2.75) is 19.8 Å². The number of rotatable bonds is 4. The number of ether oxygens (including phenoxy) is 1. The van der Waals surface area contributed by atoms with Crippen molar-refractivity contribution in [3.8, 4) is 5.75 Å². The Morgan fingerprint density at radius 3 is 2.22 bits per heavy atom. The highest BCUT2D eigenvalue weighted by molar-refractivity contribution is 5.97. The number of nitrogens with zero attached hydrogens (tertiary/aromatic N) is 2. The molecule has 2 aromatic carbocycles. The van der Waals surface area contributed by atoms with E-state index in [0.29, 0.717) is 43.1 Å². The second kappa shape index (κ2) is 8.71. The van der Waals surface area contributed by atoms with E-state index in [9.17, 15) is 9.59 Å². The first-order chi connectivity index (χ1) is 13.1. The zero-order valence-corrected chi connectivity index (χ0v) is 16.0. The largest absolute Gasteiger partial charge is 0.496 e. The lowest BCUT2D eigenvalue weighted by molar-refractivity contribution is 0.0717. The van der Waals surface area contributed by atoms with Crippen LogP contribution in [0.2, 0.25) is 0 Å². The summed E-state index contributed by atoms with van der Waals surface area (Å²) >= 11 is 0. The van der Waals surface area contributed by atoms with Gasteiger partial charge in [0.2, 0.25) is 0 Å². The van der Waals surface area contributed by atoms with E-state index < -0.39 is 0 Å². The molecule has 1 heterocycles. The van der Waals surface area contributed by atoms with Gasteiger partial charge in [-0.2, -0.15) is 0 Å².